The molecule has 0 bridgehead atoms. The van der Waals surface area contributed by atoms with Crippen molar-refractivity contribution in [1.29, 1.82) is 0 Å². The van der Waals surface area contributed by atoms with Gasteiger partial charge in [0.2, 0.25) is 7.37 Å². The summed E-state index contributed by atoms with van der Waals surface area (Å²) in [4.78, 5) is 10.3. The van der Waals surface area contributed by atoms with Crippen LogP contribution in [0.5, 0.6) is 0 Å². The predicted octanol–water partition coefficient (Wildman–Crippen LogP) is 2.07. The fourth-order valence-electron chi connectivity index (χ4n) is 1.48. The molecular formula is C11H17N2O3P. The molecule has 0 saturated carbocycles. The standard InChI is InChI=1S/C11H17N2O3P/c1-9(2)16-17(15,8-11(12)13-14)10-6-4-3-5-7-10/h3-7,9,11H,8,12H2,1-2H3. The van der Waals surface area contributed by atoms with E-state index in [0.717, 1.165) is 0 Å². The monoisotopic (exact) mass is 256 g/mol. The molecule has 1 aromatic carbocycles. The van der Waals surface area contributed by atoms with Gasteiger partial charge in [-0.05, 0) is 26.0 Å². The van der Waals surface area contributed by atoms with Gasteiger partial charge in [0.1, 0.15) is 6.17 Å². The first-order valence-electron chi connectivity index (χ1n) is 5.39. The van der Waals surface area contributed by atoms with Crippen molar-refractivity contribution in [2.45, 2.75) is 26.1 Å². The molecule has 1 rings (SSSR count). The lowest BCUT2D eigenvalue weighted by atomic mass is 10.4. The molecule has 2 unspecified atom stereocenters. The molecule has 0 aliphatic carbocycles. The fourth-order valence-corrected chi connectivity index (χ4v) is 3.77. The predicted molar refractivity (Wildman–Crippen MR) is 68.5 cm³/mol. The Morgan fingerprint density at radius 1 is 1.35 bits per heavy atom. The Morgan fingerprint density at radius 3 is 2.41 bits per heavy atom. The molecule has 0 spiro atoms. The molecule has 0 fully saturated rings. The van der Waals surface area contributed by atoms with Crippen LogP contribution in [0.25, 0.3) is 0 Å². The van der Waals surface area contributed by atoms with Crippen LogP contribution in [0.1, 0.15) is 13.8 Å². The van der Waals surface area contributed by atoms with Gasteiger partial charge in [-0.15, -0.1) is 4.91 Å². The van der Waals surface area contributed by atoms with E-state index in [4.69, 9.17) is 10.3 Å². The minimum atomic E-state index is -3.12. The fraction of sp³-hybridized carbons (Fsp3) is 0.455. The minimum Gasteiger partial charge on any atom is -0.322 e. The van der Waals surface area contributed by atoms with Crippen LogP contribution in [0, 0.1) is 4.91 Å². The summed E-state index contributed by atoms with van der Waals surface area (Å²) in [7, 11) is -3.12. The van der Waals surface area contributed by atoms with Gasteiger partial charge in [0.15, 0.2) is 0 Å². The Kier molecular flexibility index (Phi) is 5.00. The Morgan fingerprint density at radius 2 is 1.94 bits per heavy atom. The van der Waals surface area contributed by atoms with E-state index in [2.05, 4.69) is 5.18 Å². The molecule has 1 aromatic rings. The molecule has 0 radical (unpaired) electrons. The van der Waals surface area contributed by atoms with Crippen LogP contribution in [-0.2, 0) is 9.09 Å². The van der Waals surface area contributed by atoms with Gasteiger partial charge in [-0.1, -0.05) is 23.4 Å². The van der Waals surface area contributed by atoms with Crippen LogP contribution in [-0.4, -0.2) is 18.4 Å². The zero-order chi connectivity index (χ0) is 12.9. The number of hydrogen-bond donors (Lipinski definition) is 1. The van der Waals surface area contributed by atoms with E-state index in [1.165, 1.54) is 0 Å². The molecule has 6 heteroatoms. The highest BCUT2D eigenvalue weighted by Gasteiger charge is 2.30. The largest absolute Gasteiger partial charge is 0.322 e. The molecule has 94 valence electrons. The van der Waals surface area contributed by atoms with Crippen LogP contribution in [0.15, 0.2) is 35.5 Å². The van der Waals surface area contributed by atoms with Gasteiger partial charge in [-0.3, -0.25) is 4.57 Å². The number of nitroso groups, excluding NO2 is 1. The van der Waals surface area contributed by atoms with Crippen molar-refractivity contribution in [3.05, 3.63) is 35.2 Å². The summed E-state index contributed by atoms with van der Waals surface area (Å²) in [6.07, 6.45) is -1.29. The SMILES string of the molecule is CC(C)OP(=O)(CC(N)N=O)c1ccccc1. The Bertz CT molecular complexity index is 408. The van der Waals surface area contributed by atoms with Crippen molar-refractivity contribution in [2.75, 3.05) is 6.16 Å². The highest BCUT2D eigenvalue weighted by molar-refractivity contribution is 7.67. The van der Waals surface area contributed by atoms with E-state index in [1.54, 1.807) is 38.1 Å². The van der Waals surface area contributed by atoms with Crippen LogP contribution in [0.2, 0.25) is 0 Å². The van der Waals surface area contributed by atoms with Crippen molar-refractivity contribution >= 4 is 12.7 Å². The van der Waals surface area contributed by atoms with Crippen molar-refractivity contribution in [3.63, 3.8) is 0 Å². The molecule has 0 aliphatic rings. The van der Waals surface area contributed by atoms with E-state index in [0.29, 0.717) is 5.30 Å². The summed E-state index contributed by atoms with van der Waals surface area (Å²) >= 11 is 0. The van der Waals surface area contributed by atoms with Gasteiger partial charge in [0, 0.05) is 5.30 Å². The zero-order valence-electron chi connectivity index (χ0n) is 9.95. The number of benzene rings is 1. The number of nitrogens with zero attached hydrogens (tertiary/aromatic N) is 1. The number of rotatable bonds is 6. The molecule has 0 aliphatic heterocycles. The molecule has 0 saturated heterocycles. The van der Waals surface area contributed by atoms with Gasteiger partial charge >= 0.3 is 0 Å². The molecule has 0 heterocycles. The highest BCUT2D eigenvalue weighted by Crippen LogP contribution is 2.47. The molecular weight excluding hydrogens is 239 g/mol. The molecule has 17 heavy (non-hydrogen) atoms. The third-order valence-electron chi connectivity index (χ3n) is 2.09. The second-order valence-corrected chi connectivity index (χ2v) is 6.46. The third-order valence-corrected chi connectivity index (χ3v) is 4.80. The van der Waals surface area contributed by atoms with Crippen LogP contribution >= 0.6 is 7.37 Å². The molecule has 0 amide bonds. The Hall–Kier alpha value is -1.03. The first-order valence-corrected chi connectivity index (χ1v) is 7.20. The maximum atomic E-state index is 12.7. The zero-order valence-corrected chi connectivity index (χ0v) is 10.8. The summed E-state index contributed by atoms with van der Waals surface area (Å²) in [6, 6.07) is 8.78. The maximum absolute atomic E-state index is 12.7. The first-order chi connectivity index (χ1) is 7.98. The summed E-state index contributed by atoms with van der Waals surface area (Å²) in [6.45, 7) is 3.57. The lowest BCUT2D eigenvalue weighted by Gasteiger charge is -2.21. The lowest BCUT2D eigenvalue weighted by Crippen LogP contribution is -2.26. The van der Waals surface area contributed by atoms with Crippen LogP contribution in [0.3, 0.4) is 0 Å². The van der Waals surface area contributed by atoms with Gasteiger partial charge in [-0.25, -0.2) is 0 Å². The summed E-state index contributed by atoms with van der Waals surface area (Å²) < 4.78 is 18.2. The smallest absolute Gasteiger partial charge is 0.235 e. The van der Waals surface area contributed by atoms with Gasteiger partial charge in [0.05, 0.1) is 12.3 Å². The number of nitrogens with two attached hydrogens (primary N) is 1. The Labute approximate surface area is 101 Å². The van der Waals surface area contributed by atoms with Gasteiger partial charge < -0.3 is 10.3 Å². The second-order valence-electron chi connectivity index (χ2n) is 4.02. The van der Waals surface area contributed by atoms with Crippen LogP contribution in [0.4, 0.5) is 0 Å². The van der Waals surface area contributed by atoms with E-state index in [9.17, 15) is 9.47 Å². The van der Waals surface area contributed by atoms with Gasteiger partial charge in [-0.2, -0.15) is 0 Å². The summed E-state index contributed by atoms with van der Waals surface area (Å²) in [5.74, 6) is 0. The maximum Gasteiger partial charge on any atom is 0.235 e. The van der Waals surface area contributed by atoms with E-state index in [-0.39, 0.29) is 12.3 Å². The summed E-state index contributed by atoms with van der Waals surface area (Å²) in [5, 5.41) is 3.24. The molecule has 5 nitrogen and oxygen atoms in total. The van der Waals surface area contributed by atoms with Crippen molar-refractivity contribution in [1.82, 2.24) is 0 Å². The van der Waals surface area contributed by atoms with E-state index >= 15 is 0 Å². The molecule has 2 atom stereocenters. The first kappa shape index (κ1) is 14.0. The lowest BCUT2D eigenvalue weighted by molar-refractivity contribution is 0.248. The average molecular weight is 256 g/mol. The number of hydrogen-bond acceptors (Lipinski definition) is 5. The third kappa shape index (κ3) is 4.04. The quantitative estimate of drug-likeness (QED) is 0.624. The van der Waals surface area contributed by atoms with E-state index in [1.807, 2.05) is 6.07 Å². The summed E-state index contributed by atoms with van der Waals surface area (Å²) in [5.41, 5.74) is 5.44. The van der Waals surface area contributed by atoms with Crippen molar-refractivity contribution in [3.8, 4) is 0 Å². The van der Waals surface area contributed by atoms with Crippen molar-refractivity contribution < 1.29 is 9.09 Å². The van der Waals surface area contributed by atoms with E-state index < -0.39 is 13.5 Å². The van der Waals surface area contributed by atoms with Gasteiger partial charge in [0.25, 0.3) is 0 Å². The topological polar surface area (TPSA) is 81.8 Å². The molecule has 2 N–H and O–H groups in total. The molecule has 0 aromatic heterocycles. The second kappa shape index (κ2) is 6.05. The average Bonchev–Trinajstić information content (AvgIpc) is 2.29. The normalized spacial score (nSPS) is 16.5. The Balaban J connectivity index is 3.02. The van der Waals surface area contributed by atoms with Crippen molar-refractivity contribution in [2.24, 2.45) is 10.9 Å². The minimum absolute atomic E-state index is 0.0707. The van der Waals surface area contributed by atoms with Crippen LogP contribution < -0.4 is 11.0 Å². The highest BCUT2D eigenvalue weighted by atomic mass is 31.2.